The first kappa shape index (κ1) is 17.2. The second kappa shape index (κ2) is 6.00. The molecular weight excluding hydrogens is 312 g/mol. The highest BCUT2D eigenvalue weighted by Crippen LogP contribution is 2.51. The van der Waals surface area contributed by atoms with Gasteiger partial charge < -0.3 is 9.69 Å². The van der Waals surface area contributed by atoms with Gasteiger partial charge in [0.2, 0.25) is 11.6 Å². The Bertz CT molecular complexity index is 831. The van der Waals surface area contributed by atoms with E-state index >= 15 is 0 Å². The number of nitrogens with zero attached hydrogens (tertiary/aromatic N) is 2. The van der Waals surface area contributed by atoms with Crippen molar-refractivity contribution < 1.29 is 9.59 Å². The van der Waals surface area contributed by atoms with Crippen molar-refractivity contribution in [3.05, 3.63) is 70.7 Å². The van der Waals surface area contributed by atoms with Crippen LogP contribution in [0.4, 0.5) is 0 Å². The van der Waals surface area contributed by atoms with Crippen LogP contribution in [0.2, 0.25) is 0 Å². The normalized spacial score (nSPS) is 28.6. The van der Waals surface area contributed by atoms with Gasteiger partial charge in [-0.05, 0) is 24.5 Å². The van der Waals surface area contributed by atoms with Gasteiger partial charge in [0, 0.05) is 30.8 Å². The van der Waals surface area contributed by atoms with Crippen LogP contribution in [0.25, 0.3) is 4.85 Å². The number of Topliss-reactive ketones (excluding diaryl/α,β-unsaturated/α-hetero) is 1. The molecule has 1 heterocycles. The molecule has 0 radical (unpaired) electrons. The van der Waals surface area contributed by atoms with Crippen molar-refractivity contribution in [2.75, 3.05) is 13.1 Å². The molecule has 1 aliphatic heterocycles. The van der Waals surface area contributed by atoms with Crippen molar-refractivity contribution >= 4 is 11.7 Å². The van der Waals surface area contributed by atoms with Gasteiger partial charge in [-0.2, -0.15) is 0 Å². The SMILES string of the molecule is [C-]#[N+]C1=C[C@@]2(C)CN(C(C)=O)CC=C2[C@](C)(Cc2ccccc2)C1=O. The number of carbonyl (C=O) groups excluding carboxylic acids is 2. The zero-order valence-corrected chi connectivity index (χ0v) is 14.9. The number of hydrogen-bond acceptors (Lipinski definition) is 2. The molecule has 1 aromatic rings. The third-order valence-electron chi connectivity index (χ3n) is 5.40. The third kappa shape index (κ3) is 2.80. The number of hydrogen-bond donors (Lipinski definition) is 0. The summed E-state index contributed by atoms with van der Waals surface area (Å²) < 4.78 is 0. The molecule has 3 rings (SSSR count). The van der Waals surface area contributed by atoms with Gasteiger partial charge in [0.1, 0.15) is 0 Å². The smallest absolute Gasteiger partial charge is 0.227 e. The van der Waals surface area contributed by atoms with E-state index in [9.17, 15) is 9.59 Å². The molecular formula is C21H22N2O2. The number of allylic oxidation sites excluding steroid dienone is 1. The molecule has 0 N–H and O–H groups in total. The predicted molar refractivity (Wildman–Crippen MR) is 96.4 cm³/mol. The minimum atomic E-state index is -0.756. The summed E-state index contributed by atoms with van der Waals surface area (Å²) in [7, 11) is 0. The molecule has 0 spiro atoms. The summed E-state index contributed by atoms with van der Waals surface area (Å²) in [6.45, 7) is 14.0. The van der Waals surface area contributed by atoms with Crippen molar-refractivity contribution in [1.82, 2.24) is 4.90 Å². The molecule has 4 heteroatoms. The van der Waals surface area contributed by atoms with Gasteiger partial charge in [-0.1, -0.05) is 49.4 Å². The first-order valence-electron chi connectivity index (χ1n) is 8.46. The Morgan fingerprint density at radius 2 is 1.96 bits per heavy atom. The average Bonchev–Trinajstić information content (AvgIpc) is 2.58. The number of carbonyl (C=O) groups is 2. The van der Waals surface area contributed by atoms with Crippen LogP contribution in [0.1, 0.15) is 26.3 Å². The molecule has 0 saturated carbocycles. The van der Waals surface area contributed by atoms with Gasteiger partial charge in [0.15, 0.2) is 5.78 Å². The second-order valence-corrected chi connectivity index (χ2v) is 7.40. The van der Waals surface area contributed by atoms with Crippen molar-refractivity contribution in [2.45, 2.75) is 27.2 Å². The van der Waals surface area contributed by atoms with E-state index in [0.29, 0.717) is 19.5 Å². The monoisotopic (exact) mass is 334 g/mol. The van der Waals surface area contributed by atoms with Crippen molar-refractivity contribution in [1.29, 1.82) is 0 Å². The minimum Gasteiger partial charge on any atom is -0.338 e. The standard InChI is InChI=1S/C21H22N2O2/c1-15(24)23-11-10-18-20(2,14-23)13-17(22-4)19(25)21(18,3)12-16-8-6-5-7-9-16/h5-10,13H,11-12,14H2,1-3H3/t20-,21-/m0/s1. The van der Waals surface area contributed by atoms with Gasteiger partial charge in [-0.25, -0.2) is 4.85 Å². The molecule has 0 saturated heterocycles. The van der Waals surface area contributed by atoms with Crippen LogP contribution in [0, 0.1) is 17.4 Å². The molecule has 0 aromatic heterocycles. The largest absolute Gasteiger partial charge is 0.338 e. The maximum absolute atomic E-state index is 13.1. The Kier molecular flexibility index (Phi) is 4.12. The van der Waals surface area contributed by atoms with Gasteiger partial charge in [0.25, 0.3) is 0 Å². The lowest BCUT2D eigenvalue weighted by molar-refractivity contribution is -0.130. The number of benzene rings is 1. The van der Waals surface area contributed by atoms with Crippen LogP contribution in [0.15, 0.2) is 53.8 Å². The first-order valence-corrected chi connectivity index (χ1v) is 8.46. The molecule has 1 aliphatic carbocycles. The minimum absolute atomic E-state index is 0.0101. The number of fused-ring (bicyclic) bond motifs is 1. The summed E-state index contributed by atoms with van der Waals surface area (Å²) in [6.07, 6.45) is 4.33. The summed E-state index contributed by atoms with van der Waals surface area (Å²) >= 11 is 0. The summed E-state index contributed by atoms with van der Waals surface area (Å²) in [4.78, 5) is 30.2. The van der Waals surface area contributed by atoms with E-state index in [2.05, 4.69) is 4.85 Å². The number of ketones is 1. The molecule has 0 bridgehead atoms. The summed E-state index contributed by atoms with van der Waals surface area (Å²) in [5.41, 5.74) is 1.04. The Hall–Kier alpha value is -2.67. The Labute approximate surface area is 148 Å². The lowest BCUT2D eigenvalue weighted by Crippen LogP contribution is -2.51. The van der Waals surface area contributed by atoms with Crippen molar-refractivity contribution in [3.8, 4) is 0 Å². The topological polar surface area (TPSA) is 41.7 Å². The van der Waals surface area contributed by atoms with Crippen molar-refractivity contribution in [3.63, 3.8) is 0 Å². The molecule has 2 atom stereocenters. The molecule has 0 unspecified atom stereocenters. The maximum Gasteiger partial charge on any atom is 0.227 e. The molecule has 1 aromatic carbocycles. The third-order valence-corrected chi connectivity index (χ3v) is 5.40. The Balaban J connectivity index is 2.11. The molecule has 1 amide bonds. The fourth-order valence-electron chi connectivity index (χ4n) is 4.23. The highest BCUT2D eigenvalue weighted by molar-refractivity contribution is 6.05. The second-order valence-electron chi connectivity index (χ2n) is 7.40. The van der Waals surface area contributed by atoms with Crippen LogP contribution in [-0.2, 0) is 16.0 Å². The zero-order chi connectivity index (χ0) is 18.2. The first-order chi connectivity index (χ1) is 11.8. The summed E-state index contributed by atoms with van der Waals surface area (Å²) in [5, 5.41) is 0. The van der Waals surface area contributed by atoms with E-state index in [1.54, 1.807) is 17.9 Å². The van der Waals surface area contributed by atoms with E-state index in [-0.39, 0.29) is 17.4 Å². The lowest BCUT2D eigenvalue weighted by atomic mass is 9.58. The highest BCUT2D eigenvalue weighted by Gasteiger charge is 2.51. The van der Waals surface area contributed by atoms with E-state index < -0.39 is 10.8 Å². The van der Waals surface area contributed by atoms with Crippen LogP contribution in [0.3, 0.4) is 0 Å². The van der Waals surface area contributed by atoms with Gasteiger partial charge in [-0.15, -0.1) is 0 Å². The van der Waals surface area contributed by atoms with Gasteiger partial charge in [0.05, 0.1) is 6.57 Å². The number of rotatable bonds is 2. The molecule has 0 fully saturated rings. The van der Waals surface area contributed by atoms with Crippen molar-refractivity contribution in [2.24, 2.45) is 10.8 Å². The van der Waals surface area contributed by atoms with Gasteiger partial charge in [-0.3, -0.25) is 4.79 Å². The summed E-state index contributed by atoms with van der Waals surface area (Å²) in [5.74, 6) is -0.109. The Morgan fingerprint density at radius 3 is 2.56 bits per heavy atom. The molecule has 25 heavy (non-hydrogen) atoms. The van der Waals surface area contributed by atoms with Crippen LogP contribution < -0.4 is 0 Å². The number of amides is 1. The van der Waals surface area contributed by atoms with E-state index in [1.807, 2.05) is 50.3 Å². The maximum atomic E-state index is 13.1. The van der Waals surface area contributed by atoms with Gasteiger partial charge >= 0.3 is 0 Å². The van der Waals surface area contributed by atoms with E-state index in [4.69, 9.17) is 6.57 Å². The molecule has 2 aliphatic rings. The van der Waals surface area contributed by atoms with E-state index in [0.717, 1.165) is 11.1 Å². The molecule has 4 nitrogen and oxygen atoms in total. The quantitative estimate of drug-likeness (QED) is 0.614. The van der Waals surface area contributed by atoms with Crippen LogP contribution in [0.5, 0.6) is 0 Å². The fraction of sp³-hybridized carbons (Fsp3) is 0.381. The average molecular weight is 334 g/mol. The Morgan fingerprint density at radius 1 is 1.28 bits per heavy atom. The highest BCUT2D eigenvalue weighted by atomic mass is 16.2. The zero-order valence-electron chi connectivity index (χ0n) is 14.9. The van der Waals surface area contributed by atoms with Crippen LogP contribution >= 0.6 is 0 Å². The summed E-state index contributed by atoms with van der Waals surface area (Å²) in [6, 6.07) is 9.90. The molecule has 128 valence electrons. The lowest BCUT2D eigenvalue weighted by Gasteiger charge is -2.49. The fourth-order valence-corrected chi connectivity index (χ4v) is 4.23. The predicted octanol–water partition coefficient (Wildman–Crippen LogP) is 3.42. The van der Waals surface area contributed by atoms with E-state index in [1.165, 1.54) is 0 Å². The van der Waals surface area contributed by atoms with Crippen LogP contribution in [-0.4, -0.2) is 29.7 Å².